The lowest BCUT2D eigenvalue weighted by Gasteiger charge is -2.13. The molecule has 1 heterocycles. The highest BCUT2D eigenvalue weighted by atomic mass is 19.1. The van der Waals surface area contributed by atoms with Gasteiger partial charge in [0.25, 0.3) is 0 Å². The second-order valence-corrected chi connectivity index (χ2v) is 6.73. The Bertz CT molecular complexity index is 1060. The van der Waals surface area contributed by atoms with E-state index >= 15 is 0 Å². The molecule has 154 valence electrons. The number of rotatable bonds is 4. The summed E-state index contributed by atoms with van der Waals surface area (Å²) < 4.78 is 19.7. The Morgan fingerprint density at radius 1 is 1.17 bits per heavy atom. The lowest BCUT2D eigenvalue weighted by Crippen LogP contribution is -2.33. The first-order valence-corrected chi connectivity index (χ1v) is 9.23. The Kier molecular flexibility index (Phi) is 6.32. The third kappa shape index (κ3) is 5.35. The van der Waals surface area contributed by atoms with Crippen molar-refractivity contribution in [2.75, 3.05) is 23.3 Å². The van der Waals surface area contributed by atoms with E-state index in [1.165, 1.54) is 30.9 Å². The van der Waals surface area contributed by atoms with Gasteiger partial charge in [0.05, 0.1) is 24.3 Å². The molecule has 30 heavy (non-hydrogen) atoms. The molecule has 0 radical (unpaired) electrons. The molecule has 3 amide bonds. The van der Waals surface area contributed by atoms with Gasteiger partial charge in [0, 0.05) is 25.1 Å². The van der Waals surface area contributed by atoms with Crippen molar-refractivity contribution < 1.29 is 23.5 Å². The predicted octanol–water partition coefficient (Wildman–Crippen LogP) is 2.65. The normalized spacial score (nSPS) is 15.1. The lowest BCUT2D eigenvalue weighted by molar-refractivity contribution is -0.119. The molecule has 1 saturated heterocycles. The van der Waals surface area contributed by atoms with Crippen LogP contribution in [-0.4, -0.2) is 37.1 Å². The standard InChI is InChI=1S/C22H20FN3O4/c1-14(27)24-12-20-13-26(22(29)30-20)19-9-8-17(21(23)11-19)7-6-16-4-3-5-18(10-16)25-15(2)28/h3-5,8-11,20H,12-13H2,1-2H3,(H,24,27)(H,25,28)/t20-/m0/s1. The number of nitrogens with one attached hydrogen (secondary N) is 2. The van der Waals surface area contributed by atoms with Gasteiger partial charge in [-0.25, -0.2) is 9.18 Å². The first-order valence-electron chi connectivity index (χ1n) is 9.23. The average molecular weight is 409 g/mol. The van der Waals surface area contributed by atoms with Crippen LogP contribution in [0.3, 0.4) is 0 Å². The zero-order valence-corrected chi connectivity index (χ0v) is 16.5. The predicted molar refractivity (Wildman–Crippen MR) is 109 cm³/mol. The van der Waals surface area contributed by atoms with E-state index in [4.69, 9.17) is 4.74 Å². The molecule has 3 rings (SSSR count). The van der Waals surface area contributed by atoms with Gasteiger partial charge in [-0.3, -0.25) is 14.5 Å². The Labute approximate surface area is 173 Å². The summed E-state index contributed by atoms with van der Waals surface area (Å²) in [7, 11) is 0. The largest absolute Gasteiger partial charge is 0.442 e. The molecule has 0 unspecified atom stereocenters. The van der Waals surface area contributed by atoms with Crippen molar-refractivity contribution in [3.8, 4) is 11.8 Å². The van der Waals surface area contributed by atoms with Gasteiger partial charge in [-0.05, 0) is 36.4 Å². The maximum atomic E-state index is 14.5. The van der Waals surface area contributed by atoms with Crippen LogP contribution in [0.25, 0.3) is 0 Å². The minimum Gasteiger partial charge on any atom is -0.442 e. The second kappa shape index (κ2) is 9.09. The highest BCUT2D eigenvalue weighted by molar-refractivity contribution is 5.90. The van der Waals surface area contributed by atoms with E-state index in [1.807, 2.05) is 0 Å². The van der Waals surface area contributed by atoms with E-state index in [1.54, 1.807) is 30.3 Å². The van der Waals surface area contributed by atoms with Crippen molar-refractivity contribution in [3.05, 3.63) is 59.4 Å². The van der Waals surface area contributed by atoms with Gasteiger partial charge in [-0.2, -0.15) is 0 Å². The molecule has 2 aromatic carbocycles. The fourth-order valence-electron chi connectivity index (χ4n) is 2.89. The van der Waals surface area contributed by atoms with Crippen LogP contribution in [0.2, 0.25) is 0 Å². The van der Waals surface area contributed by atoms with Crippen LogP contribution in [0, 0.1) is 17.7 Å². The molecule has 0 aliphatic carbocycles. The Morgan fingerprint density at radius 3 is 2.67 bits per heavy atom. The average Bonchev–Trinajstić information content (AvgIpc) is 3.06. The second-order valence-electron chi connectivity index (χ2n) is 6.73. The van der Waals surface area contributed by atoms with Crippen LogP contribution in [0.15, 0.2) is 42.5 Å². The number of carbonyl (C=O) groups excluding carboxylic acids is 3. The molecule has 0 aromatic heterocycles. The van der Waals surface area contributed by atoms with Crippen molar-refractivity contribution in [3.63, 3.8) is 0 Å². The van der Waals surface area contributed by atoms with Crippen molar-refractivity contribution in [2.24, 2.45) is 0 Å². The zero-order valence-electron chi connectivity index (χ0n) is 16.5. The molecule has 2 aromatic rings. The van der Waals surface area contributed by atoms with Crippen LogP contribution >= 0.6 is 0 Å². The summed E-state index contributed by atoms with van der Waals surface area (Å²) in [5.74, 6) is 4.63. The molecular formula is C22H20FN3O4. The summed E-state index contributed by atoms with van der Waals surface area (Å²) in [5, 5.41) is 5.25. The quantitative estimate of drug-likeness (QED) is 0.760. The first-order chi connectivity index (χ1) is 14.3. The van der Waals surface area contributed by atoms with Crippen LogP contribution in [0.4, 0.5) is 20.6 Å². The van der Waals surface area contributed by atoms with E-state index in [9.17, 15) is 18.8 Å². The van der Waals surface area contributed by atoms with E-state index in [0.29, 0.717) is 16.9 Å². The molecule has 8 heteroatoms. The molecule has 2 N–H and O–H groups in total. The monoisotopic (exact) mass is 409 g/mol. The Hall–Kier alpha value is -3.86. The summed E-state index contributed by atoms with van der Waals surface area (Å²) in [5.41, 5.74) is 1.74. The molecule has 0 spiro atoms. The van der Waals surface area contributed by atoms with Crippen molar-refractivity contribution >= 4 is 29.3 Å². The molecule has 0 bridgehead atoms. The summed E-state index contributed by atoms with van der Waals surface area (Å²) in [4.78, 5) is 35.5. The third-order valence-corrected chi connectivity index (χ3v) is 4.24. The van der Waals surface area contributed by atoms with E-state index in [0.717, 1.165) is 0 Å². The van der Waals surface area contributed by atoms with Crippen molar-refractivity contribution in [2.45, 2.75) is 20.0 Å². The van der Waals surface area contributed by atoms with Crippen LogP contribution in [0.1, 0.15) is 25.0 Å². The number of benzene rings is 2. The topological polar surface area (TPSA) is 87.7 Å². The molecule has 1 atom stereocenters. The fraction of sp³-hybridized carbons (Fsp3) is 0.227. The highest BCUT2D eigenvalue weighted by Gasteiger charge is 2.32. The number of anilines is 2. The van der Waals surface area contributed by atoms with Gasteiger partial charge in [-0.1, -0.05) is 17.9 Å². The van der Waals surface area contributed by atoms with Gasteiger partial charge in [0.2, 0.25) is 11.8 Å². The maximum Gasteiger partial charge on any atom is 0.414 e. The maximum absolute atomic E-state index is 14.5. The lowest BCUT2D eigenvalue weighted by atomic mass is 10.1. The third-order valence-electron chi connectivity index (χ3n) is 4.24. The summed E-state index contributed by atoms with van der Waals surface area (Å²) in [6.07, 6.45) is -1.10. The number of halogens is 1. The number of amides is 3. The Morgan fingerprint density at radius 2 is 1.97 bits per heavy atom. The SMILES string of the molecule is CC(=O)NC[C@H]1CN(c2ccc(C#Cc3cccc(NC(C)=O)c3)c(F)c2)C(=O)O1. The number of hydrogen-bond donors (Lipinski definition) is 2. The molecule has 0 saturated carbocycles. The van der Waals surface area contributed by atoms with Gasteiger partial charge < -0.3 is 15.4 Å². The Balaban J connectivity index is 1.72. The van der Waals surface area contributed by atoms with E-state index < -0.39 is 18.0 Å². The van der Waals surface area contributed by atoms with Gasteiger partial charge in [-0.15, -0.1) is 0 Å². The summed E-state index contributed by atoms with van der Waals surface area (Å²) in [6.45, 7) is 3.19. The van der Waals surface area contributed by atoms with E-state index in [-0.39, 0.29) is 30.5 Å². The smallest absolute Gasteiger partial charge is 0.414 e. The summed E-state index contributed by atoms with van der Waals surface area (Å²) >= 11 is 0. The highest BCUT2D eigenvalue weighted by Crippen LogP contribution is 2.23. The summed E-state index contributed by atoms with van der Waals surface area (Å²) in [6, 6.07) is 11.2. The number of ether oxygens (including phenoxy) is 1. The van der Waals surface area contributed by atoms with Crippen LogP contribution in [0.5, 0.6) is 0 Å². The fourth-order valence-corrected chi connectivity index (χ4v) is 2.89. The van der Waals surface area contributed by atoms with Gasteiger partial charge >= 0.3 is 6.09 Å². The van der Waals surface area contributed by atoms with Crippen molar-refractivity contribution in [1.82, 2.24) is 5.32 Å². The minimum absolute atomic E-state index is 0.172. The molecule has 1 aliphatic heterocycles. The van der Waals surface area contributed by atoms with Crippen LogP contribution in [-0.2, 0) is 14.3 Å². The number of nitrogens with zero attached hydrogens (tertiary/aromatic N) is 1. The van der Waals surface area contributed by atoms with Crippen LogP contribution < -0.4 is 15.5 Å². The number of carbonyl (C=O) groups is 3. The molecule has 7 nitrogen and oxygen atoms in total. The molecule has 1 fully saturated rings. The minimum atomic E-state index is -0.599. The first kappa shape index (κ1) is 20.9. The number of hydrogen-bond acceptors (Lipinski definition) is 4. The molecular weight excluding hydrogens is 389 g/mol. The van der Waals surface area contributed by atoms with E-state index in [2.05, 4.69) is 22.5 Å². The van der Waals surface area contributed by atoms with Gasteiger partial charge in [0.15, 0.2) is 0 Å². The van der Waals surface area contributed by atoms with Gasteiger partial charge in [0.1, 0.15) is 11.9 Å². The zero-order chi connectivity index (χ0) is 21.7. The molecule has 1 aliphatic rings. The van der Waals surface area contributed by atoms with Crippen molar-refractivity contribution in [1.29, 1.82) is 0 Å². The number of cyclic esters (lactones) is 1.